The summed E-state index contributed by atoms with van der Waals surface area (Å²) in [7, 11) is 0. The summed E-state index contributed by atoms with van der Waals surface area (Å²) in [5.41, 5.74) is 4.75. The van der Waals surface area contributed by atoms with E-state index in [1.807, 2.05) is 30.3 Å². The zero-order valence-electron chi connectivity index (χ0n) is 10.5. The molecule has 1 fully saturated rings. The van der Waals surface area contributed by atoms with Gasteiger partial charge in [0.25, 0.3) is 0 Å². The van der Waals surface area contributed by atoms with Crippen LogP contribution in [0.15, 0.2) is 30.3 Å². The van der Waals surface area contributed by atoms with E-state index in [0.717, 1.165) is 18.6 Å². The fourth-order valence-electron chi connectivity index (χ4n) is 1.95. The molecular weight excluding hydrogens is 230 g/mol. The molecule has 1 aromatic carbocycles. The highest BCUT2D eigenvalue weighted by Crippen LogP contribution is 2.39. The fraction of sp³-hybridized carbons (Fsp3) is 0.571. The van der Waals surface area contributed by atoms with E-state index < -0.39 is 5.60 Å². The molecule has 0 bridgehead atoms. The molecule has 0 spiro atoms. The van der Waals surface area contributed by atoms with E-state index in [1.54, 1.807) is 0 Å². The summed E-state index contributed by atoms with van der Waals surface area (Å²) in [5, 5.41) is 10.2. The standard InChI is InChI=1S/C14H21NO3/c15-10-14(16,12-6-7-12)11-17-8-9-18-13-4-2-1-3-5-13/h1-5,12,16H,6-11,15H2. The van der Waals surface area contributed by atoms with Crippen molar-refractivity contribution in [2.24, 2.45) is 11.7 Å². The maximum absolute atomic E-state index is 10.2. The Labute approximate surface area is 108 Å². The predicted octanol–water partition coefficient (Wildman–Crippen LogP) is 1.18. The highest BCUT2D eigenvalue weighted by Gasteiger charge is 2.42. The summed E-state index contributed by atoms with van der Waals surface area (Å²) in [6, 6.07) is 9.61. The van der Waals surface area contributed by atoms with E-state index in [0.29, 0.717) is 25.7 Å². The maximum atomic E-state index is 10.2. The largest absolute Gasteiger partial charge is 0.491 e. The van der Waals surface area contributed by atoms with E-state index >= 15 is 0 Å². The Bertz CT molecular complexity index is 353. The Balaban J connectivity index is 1.61. The van der Waals surface area contributed by atoms with Crippen LogP contribution in [0.5, 0.6) is 5.75 Å². The molecule has 3 N–H and O–H groups in total. The van der Waals surface area contributed by atoms with Crippen molar-refractivity contribution < 1.29 is 14.6 Å². The number of nitrogens with two attached hydrogens (primary N) is 1. The average molecular weight is 251 g/mol. The molecule has 0 heterocycles. The second kappa shape index (κ2) is 6.18. The molecule has 1 unspecified atom stereocenters. The summed E-state index contributed by atoms with van der Waals surface area (Å²) in [5.74, 6) is 1.15. The smallest absolute Gasteiger partial charge is 0.119 e. The molecule has 18 heavy (non-hydrogen) atoms. The lowest BCUT2D eigenvalue weighted by Crippen LogP contribution is -2.44. The number of ether oxygens (including phenoxy) is 2. The van der Waals surface area contributed by atoms with Crippen molar-refractivity contribution in [3.05, 3.63) is 30.3 Å². The molecule has 0 aliphatic heterocycles. The molecule has 100 valence electrons. The summed E-state index contributed by atoms with van der Waals surface area (Å²) >= 11 is 0. The van der Waals surface area contributed by atoms with Gasteiger partial charge in [-0.1, -0.05) is 18.2 Å². The molecule has 1 aliphatic carbocycles. The van der Waals surface area contributed by atoms with Crippen LogP contribution in [0.1, 0.15) is 12.8 Å². The van der Waals surface area contributed by atoms with Gasteiger partial charge < -0.3 is 20.3 Å². The van der Waals surface area contributed by atoms with Crippen LogP contribution in [0.2, 0.25) is 0 Å². The Hall–Kier alpha value is -1.10. The third kappa shape index (κ3) is 3.70. The van der Waals surface area contributed by atoms with Gasteiger partial charge >= 0.3 is 0 Å². The van der Waals surface area contributed by atoms with Gasteiger partial charge in [-0.15, -0.1) is 0 Å². The van der Waals surface area contributed by atoms with Gasteiger partial charge in [-0.3, -0.25) is 0 Å². The number of hydrogen-bond acceptors (Lipinski definition) is 4. The SMILES string of the molecule is NCC(O)(COCCOc1ccccc1)C1CC1. The van der Waals surface area contributed by atoms with Crippen molar-refractivity contribution in [3.63, 3.8) is 0 Å². The number of para-hydroxylation sites is 1. The van der Waals surface area contributed by atoms with Crippen LogP contribution in [0.3, 0.4) is 0 Å². The van der Waals surface area contributed by atoms with E-state index in [-0.39, 0.29) is 6.54 Å². The third-order valence-corrected chi connectivity index (χ3v) is 3.28. The molecule has 0 aromatic heterocycles. The van der Waals surface area contributed by atoms with E-state index in [9.17, 15) is 5.11 Å². The molecule has 1 aliphatic rings. The van der Waals surface area contributed by atoms with Crippen molar-refractivity contribution in [2.75, 3.05) is 26.4 Å². The van der Waals surface area contributed by atoms with Crippen LogP contribution in [0.25, 0.3) is 0 Å². The lowest BCUT2D eigenvalue weighted by atomic mass is 9.99. The quantitative estimate of drug-likeness (QED) is 0.681. The molecule has 1 aromatic rings. The van der Waals surface area contributed by atoms with Crippen molar-refractivity contribution in [2.45, 2.75) is 18.4 Å². The molecule has 1 atom stereocenters. The van der Waals surface area contributed by atoms with Crippen molar-refractivity contribution in [1.82, 2.24) is 0 Å². The first-order valence-corrected chi connectivity index (χ1v) is 6.42. The lowest BCUT2D eigenvalue weighted by molar-refractivity contribution is -0.0591. The minimum absolute atomic E-state index is 0.261. The monoisotopic (exact) mass is 251 g/mol. The lowest BCUT2D eigenvalue weighted by Gasteiger charge is -2.26. The van der Waals surface area contributed by atoms with Gasteiger partial charge in [0.15, 0.2) is 0 Å². The molecular formula is C14H21NO3. The fourth-order valence-corrected chi connectivity index (χ4v) is 1.95. The summed E-state index contributed by atoms with van der Waals surface area (Å²) in [4.78, 5) is 0. The number of rotatable bonds is 8. The number of benzene rings is 1. The van der Waals surface area contributed by atoms with Crippen molar-refractivity contribution in [3.8, 4) is 5.75 Å². The van der Waals surface area contributed by atoms with Gasteiger partial charge in [-0.05, 0) is 30.9 Å². The first-order chi connectivity index (χ1) is 8.74. The first-order valence-electron chi connectivity index (χ1n) is 6.42. The zero-order chi connectivity index (χ0) is 12.8. The highest BCUT2D eigenvalue weighted by molar-refractivity contribution is 5.20. The summed E-state index contributed by atoms with van der Waals surface area (Å²) in [6.45, 7) is 1.50. The minimum Gasteiger partial charge on any atom is -0.491 e. The molecule has 0 amide bonds. The van der Waals surface area contributed by atoms with E-state index in [1.165, 1.54) is 0 Å². The molecule has 0 radical (unpaired) electrons. The molecule has 2 rings (SSSR count). The third-order valence-electron chi connectivity index (χ3n) is 3.28. The predicted molar refractivity (Wildman–Crippen MR) is 69.5 cm³/mol. The highest BCUT2D eigenvalue weighted by atomic mass is 16.5. The summed E-state index contributed by atoms with van der Waals surface area (Å²) in [6.07, 6.45) is 2.11. The summed E-state index contributed by atoms with van der Waals surface area (Å²) < 4.78 is 11.0. The topological polar surface area (TPSA) is 64.7 Å². The second-order valence-electron chi connectivity index (χ2n) is 4.80. The zero-order valence-corrected chi connectivity index (χ0v) is 10.5. The average Bonchev–Trinajstić information content (AvgIpc) is 3.24. The van der Waals surface area contributed by atoms with Crippen molar-refractivity contribution in [1.29, 1.82) is 0 Å². The van der Waals surface area contributed by atoms with Gasteiger partial charge in [-0.25, -0.2) is 0 Å². The Morgan fingerprint density at radius 1 is 1.22 bits per heavy atom. The Morgan fingerprint density at radius 2 is 1.94 bits per heavy atom. The number of aliphatic hydroxyl groups is 1. The van der Waals surface area contributed by atoms with Gasteiger partial charge in [-0.2, -0.15) is 0 Å². The van der Waals surface area contributed by atoms with Crippen LogP contribution in [0, 0.1) is 5.92 Å². The van der Waals surface area contributed by atoms with Crippen LogP contribution in [-0.2, 0) is 4.74 Å². The molecule has 0 saturated heterocycles. The van der Waals surface area contributed by atoms with Crippen LogP contribution in [-0.4, -0.2) is 37.1 Å². The molecule has 4 nitrogen and oxygen atoms in total. The van der Waals surface area contributed by atoms with Gasteiger partial charge in [0, 0.05) is 6.54 Å². The normalized spacial score (nSPS) is 18.3. The first kappa shape index (κ1) is 13.3. The van der Waals surface area contributed by atoms with Gasteiger partial charge in [0.05, 0.1) is 13.2 Å². The maximum Gasteiger partial charge on any atom is 0.119 e. The van der Waals surface area contributed by atoms with E-state index in [4.69, 9.17) is 15.2 Å². The Kier molecular flexibility index (Phi) is 4.58. The molecule has 4 heteroatoms. The minimum atomic E-state index is -0.841. The van der Waals surface area contributed by atoms with Crippen molar-refractivity contribution >= 4 is 0 Å². The van der Waals surface area contributed by atoms with Crippen LogP contribution < -0.4 is 10.5 Å². The Morgan fingerprint density at radius 3 is 2.56 bits per heavy atom. The van der Waals surface area contributed by atoms with Crippen LogP contribution in [0.4, 0.5) is 0 Å². The van der Waals surface area contributed by atoms with E-state index in [2.05, 4.69) is 0 Å². The second-order valence-corrected chi connectivity index (χ2v) is 4.80. The van der Waals surface area contributed by atoms with Crippen LogP contribution >= 0.6 is 0 Å². The van der Waals surface area contributed by atoms with Gasteiger partial charge in [0.2, 0.25) is 0 Å². The molecule has 1 saturated carbocycles. The van der Waals surface area contributed by atoms with Gasteiger partial charge in [0.1, 0.15) is 18.0 Å². The number of hydrogen-bond donors (Lipinski definition) is 2.